The predicted molar refractivity (Wildman–Crippen MR) is 87.6 cm³/mol. The largest absolute Gasteiger partial charge is 0.374 e. The summed E-state index contributed by atoms with van der Waals surface area (Å²) >= 11 is 1.25. The Morgan fingerprint density at radius 1 is 1.29 bits per heavy atom. The van der Waals surface area contributed by atoms with Crippen LogP contribution in [0.15, 0.2) is 16.9 Å². The van der Waals surface area contributed by atoms with Crippen molar-refractivity contribution in [2.24, 2.45) is 0 Å². The molecule has 6 heteroatoms. The Morgan fingerprint density at radius 3 is 2.62 bits per heavy atom. The number of rotatable bonds is 6. The number of nitrogens with zero attached hydrogens (tertiary/aromatic N) is 3. The molecule has 2 heterocycles. The molecule has 0 saturated heterocycles. The van der Waals surface area contributed by atoms with Gasteiger partial charge in [-0.3, -0.25) is 4.79 Å². The lowest BCUT2D eigenvalue weighted by molar-refractivity contribution is 0.554. The van der Waals surface area contributed by atoms with Crippen LogP contribution in [0.1, 0.15) is 51.6 Å². The Balaban J connectivity index is 2.45. The van der Waals surface area contributed by atoms with Gasteiger partial charge in [0.05, 0.1) is 5.56 Å². The molecule has 0 bridgehead atoms. The van der Waals surface area contributed by atoms with Gasteiger partial charge in [0.1, 0.15) is 0 Å². The van der Waals surface area contributed by atoms with E-state index in [9.17, 15) is 4.79 Å². The van der Waals surface area contributed by atoms with Crippen molar-refractivity contribution in [3.05, 3.63) is 28.2 Å². The number of hydrogen-bond acceptors (Lipinski definition) is 5. The highest BCUT2D eigenvalue weighted by Crippen LogP contribution is 2.23. The van der Waals surface area contributed by atoms with Crippen LogP contribution in [-0.4, -0.2) is 14.8 Å². The third-order valence-electron chi connectivity index (χ3n) is 3.46. The van der Waals surface area contributed by atoms with Gasteiger partial charge in [-0.15, -0.1) is 10.2 Å². The number of nitrogens with two attached hydrogens (primary N) is 1. The highest BCUT2D eigenvalue weighted by Gasteiger charge is 2.15. The molecule has 0 aromatic carbocycles. The molecule has 2 aromatic heterocycles. The minimum Gasteiger partial charge on any atom is -0.374 e. The fourth-order valence-corrected chi connectivity index (χ4v) is 2.98. The number of aromatic nitrogens is 3. The molecule has 0 fully saturated rings. The van der Waals surface area contributed by atoms with Crippen molar-refractivity contribution in [3.8, 4) is 10.6 Å². The summed E-state index contributed by atoms with van der Waals surface area (Å²) < 4.78 is 1.88. The molecule has 0 unspecified atom stereocenters. The smallest absolute Gasteiger partial charge is 0.261 e. The van der Waals surface area contributed by atoms with Crippen molar-refractivity contribution in [2.45, 2.75) is 52.5 Å². The summed E-state index contributed by atoms with van der Waals surface area (Å²) in [7, 11) is 0. The number of hydrogen-bond donors (Lipinski definition) is 1. The van der Waals surface area contributed by atoms with E-state index >= 15 is 0 Å². The Kier molecular flexibility index (Phi) is 5.12. The molecule has 0 radical (unpaired) electrons. The number of pyridine rings is 1. The lowest BCUT2D eigenvalue weighted by atomic mass is 10.1. The van der Waals surface area contributed by atoms with Crippen molar-refractivity contribution in [3.63, 3.8) is 0 Å². The topological polar surface area (TPSA) is 73.8 Å². The maximum absolute atomic E-state index is 12.8. The molecule has 0 spiro atoms. The van der Waals surface area contributed by atoms with E-state index in [-0.39, 0.29) is 5.56 Å². The van der Waals surface area contributed by atoms with Gasteiger partial charge in [0.2, 0.25) is 5.13 Å². The van der Waals surface area contributed by atoms with Crippen LogP contribution in [0.2, 0.25) is 0 Å². The molecule has 2 rings (SSSR count). The van der Waals surface area contributed by atoms with E-state index in [1.165, 1.54) is 11.3 Å². The summed E-state index contributed by atoms with van der Waals surface area (Å²) in [6, 6.07) is 3.86. The third kappa shape index (κ3) is 3.50. The maximum Gasteiger partial charge on any atom is 0.261 e. The average Bonchev–Trinajstić information content (AvgIpc) is 2.86. The van der Waals surface area contributed by atoms with Crippen LogP contribution in [-0.2, 0) is 6.54 Å². The van der Waals surface area contributed by atoms with Gasteiger partial charge >= 0.3 is 0 Å². The zero-order valence-electron chi connectivity index (χ0n) is 12.8. The molecule has 21 heavy (non-hydrogen) atoms. The molecule has 0 aliphatic carbocycles. The maximum atomic E-state index is 12.8. The Hall–Kier alpha value is -1.69. The molecule has 0 atom stereocenters. The molecular formula is C15H22N4OS. The Bertz CT molecular complexity index is 660. The first kappa shape index (κ1) is 15.7. The van der Waals surface area contributed by atoms with E-state index in [0.717, 1.165) is 31.5 Å². The van der Waals surface area contributed by atoms with E-state index in [2.05, 4.69) is 31.0 Å². The number of unbranched alkanes of at least 4 members (excludes halogenated alkanes) is 2. The van der Waals surface area contributed by atoms with Gasteiger partial charge in [-0.1, -0.05) is 44.9 Å². The molecule has 5 nitrogen and oxygen atoms in total. The fourth-order valence-electron chi connectivity index (χ4n) is 2.35. The summed E-state index contributed by atoms with van der Waals surface area (Å²) in [5.41, 5.74) is 7.28. The van der Waals surface area contributed by atoms with E-state index in [1.807, 2.05) is 16.7 Å². The van der Waals surface area contributed by atoms with Crippen LogP contribution in [0.25, 0.3) is 10.6 Å². The molecular weight excluding hydrogens is 284 g/mol. The fraction of sp³-hybridized carbons (Fsp3) is 0.533. The van der Waals surface area contributed by atoms with E-state index in [4.69, 9.17) is 5.73 Å². The highest BCUT2D eigenvalue weighted by atomic mass is 32.1. The molecule has 0 amide bonds. The lowest BCUT2D eigenvalue weighted by Crippen LogP contribution is -2.25. The summed E-state index contributed by atoms with van der Waals surface area (Å²) in [6.07, 6.45) is 3.27. The number of anilines is 1. The van der Waals surface area contributed by atoms with Crippen LogP contribution >= 0.6 is 11.3 Å². The van der Waals surface area contributed by atoms with E-state index in [1.54, 1.807) is 0 Å². The zero-order valence-corrected chi connectivity index (χ0v) is 13.6. The van der Waals surface area contributed by atoms with Gasteiger partial charge in [-0.2, -0.15) is 0 Å². The van der Waals surface area contributed by atoms with Gasteiger partial charge in [0, 0.05) is 12.2 Å². The van der Waals surface area contributed by atoms with Crippen molar-refractivity contribution >= 4 is 16.5 Å². The second-order valence-corrected chi connectivity index (χ2v) is 6.45. The van der Waals surface area contributed by atoms with Gasteiger partial charge in [-0.25, -0.2) is 0 Å². The van der Waals surface area contributed by atoms with E-state index in [0.29, 0.717) is 21.6 Å². The minimum atomic E-state index is 0.00783. The SMILES string of the molecule is CCCCCn1c(C(C)C)ccc(-c2nnc(N)s2)c1=O. The molecule has 0 aliphatic rings. The second kappa shape index (κ2) is 6.85. The summed E-state index contributed by atoms with van der Waals surface area (Å²) in [4.78, 5) is 12.8. The van der Waals surface area contributed by atoms with Gasteiger partial charge < -0.3 is 10.3 Å². The van der Waals surface area contributed by atoms with Gasteiger partial charge in [-0.05, 0) is 24.5 Å². The van der Waals surface area contributed by atoms with Crippen molar-refractivity contribution in [1.29, 1.82) is 0 Å². The first-order valence-corrected chi connectivity index (χ1v) is 8.19. The third-order valence-corrected chi connectivity index (χ3v) is 4.24. The summed E-state index contributed by atoms with van der Waals surface area (Å²) in [5.74, 6) is 0.313. The van der Waals surface area contributed by atoms with Crippen molar-refractivity contribution in [1.82, 2.24) is 14.8 Å². The first-order chi connectivity index (χ1) is 10.0. The molecule has 2 N–H and O–H groups in total. The minimum absolute atomic E-state index is 0.00783. The van der Waals surface area contributed by atoms with Crippen LogP contribution in [0.4, 0.5) is 5.13 Å². The normalized spacial score (nSPS) is 11.2. The van der Waals surface area contributed by atoms with Crippen LogP contribution in [0.3, 0.4) is 0 Å². The van der Waals surface area contributed by atoms with Crippen LogP contribution < -0.4 is 11.3 Å². The van der Waals surface area contributed by atoms with Gasteiger partial charge in [0.15, 0.2) is 5.01 Å². The summed E-state index contributed by atoms with van der Waals surface area (Å²) in [5, 5.41) is 8.76. The van der Waals surface area contributed by atoms with Crippen LogP contribution in [0, 0.1) is 0 Å². The quantitative estimate of drug-likeness (QED) is 0.831. The Labute approximate surface area is 128 Å². The molecule has 2 aromatic rings. The molecule has 0 saturated carbocycles. The number of nitrogen functional groups attached to an aromatic ring is 1. The average molecular weight is 306 g/mol. The lowest BCUT2D eigenvalue weighted by Gasteiger charge is -2.16. The molecule has 0 aliphatic heterocycles. The molecule has 114 valence electrons. The van der Waals surface area contributed by atoms with Crippen molar-refractivity contribution < 1.29 is 0 Å². The van der Waals surface area contributed by atoms with Gasteiger partial charge in [0.25, 0.3) is 5.56 Å². The van der Waals surface area contributed by atoms with Crippen LogP contribution in [0.5, 0.6) is 0 Å². The first-order valence-electron chi connectivity index (χ1n) is 7.37. The highest BCUT2D eigenvalue weighted by molar-refractivity contribution is 7.18. The second-order valence-electron chi connectivity index (χ2n) is 5.44. The zero-order chi connectivity index (χ0) is 15.4. The predicted octanol–water partition coefficient (Wildman–Crippen LogP) is 3.26. The summed E-state index contributed by atoms with van der Waals surface area (Å²) in [6.45, 7) is 7.12. The monoisotopic (exact) mass is 306 g/mol. The van der Waals surface area contributed by atoms with Crippen molar-refractivity contribution in [2.75, 3.05) is 5.73 Å². The Morgan fingerprint density at radius 2 is 2.05 bits per heavy atom. The van der Waals surface area contributed by atoms with E-state index < -0.39 is 0 Å². The standard InChI is InChI=1S/C15H22N4OS/c1-4-5-6-9-19-12(10(2)3)8-7-11(14(19)20)13-17-18-15(16)21-13/h7-8,10H,4-6,9H2,1-3H3,(H2,16,18).